The third-order valence-corrected chi connectivity index (χ3v) is 4.02. The van der Waals surface area contributed by atoms with E-state index in [1.165, 1.54) is 12.2 Å². The van der Waals surface area contributed by atoms with Gasteiger partial charge in [0.15, 0.2) is 0 Å². The Bertz CT molecular complexity index is 306. The molecule has 3 aliphatic rings. The fourth-order valence-corrected chi connectivity index (χ4v) is 3.25. The first-order chi connectivity index (χ1) is 7.34. The van der Waals surface area contributed by atoms with Gasteiger partial charge in [-0.25, -0.2) is 0 Å². The molecule has 82 valence electrons. The van der Waals surface area contributed by atoms with Crippen molar-refractivity contribution < 1.29 is 9.84 Å². The lowest BCUT2D eigenvalue weighted by atomic mass is 9.77. The largest absolute Gasteiger partial charge is 0.494 e. The van der Waals surface area contributed by atoms with Crippen LogP contribution in [-0.4, -0.2) is 17.3 Å². The second kappa shape index (κ2) is 3.67. The minimum atomic E-state index is -0.0922. The Balaban J connectivity index is 1.84. The lowest BCUT2D eigenvalue weighted by molar-refractivity contribution is 0.0271. The van der Waals surface area contributed by atoms with Crippen molar-refractivity contribution in [3.8, 4) is 0 Å². The fourth-order valence-electron chi connectivity index (χ4n) is 3.25. The zero-order chi connectivity index (χ0) is 10.3. The molecule has 15 heavy (non-hydrogen) atoms. The van der Waals surface area contributed by atoms with Crippen molar-refractivity contribution in [3.05, 3.63) is 24.0 Å². The Morgan fingerprint density at radius 3 is 3.13 bits per heavy atom. The smallest absolute Gasteiger partial charge is 0.102 e. The number of allylic oxidation sites excluding steroid dienone is 4. The van der Waals surface area contributed by atoms with E-state index in [1.54, 1.807) is 0 Å². The fraction of sp³-hybridized carbons (Fsp3) is 0.692. The molecule has 1 N–H and O–H groups in total. The third-order valence-electron chi connectivity index (χ3n) is 4.02. The molecule has 0 aromatic carbocycles. The summed E-state index contributed by atoms with van der Waals surface area (Å²) in [5.74, 6) is 2.31. The van der Waals surface area contributed by atoms with Crippen LogP contribution in [0.2, 0.25) is 0 Å². The van der Waals surface area contributed by atoms with Gasteiger partial charge in [0.1, 0.15) is 6.10 Å². The number of ether oxygens (including phenoxy) is 1. The second-order valence-electron chi connectivity index (χ2n) is 4.97. The van der Waals surface area contributed by atoms with E-state index >= 15 is 0 Å². The van der Waals surface area contributed by atoms with Gasteiger partial charge < -0.3 is 9.84 Å². The molecule has 1 saturated carbocycles. The molecule has 2 nitrogen and oxygen atoms in total. The normalized spacial score (nSPS) is 43.7. The highest BCUT2D eigenvalue weighted by Crippen LogP contribution is 2.46. The van der Waals surface area contributed by atoms with Crippen LogP contribution in [0.25, 0.3) is 0 Å². The quantitative estimate of drug-likeness (QED) is 0.659. The van der Waals surface area contributed by atoms with Gasteiger partial charge in [0.25, 0.3) is 0 Å². The van der Waals surface area contributed by atoms with Gasteiger partial charge in [0, 0.05) is 11.8 Å². The summed E-state index contributed by atoms with van der Waals surface area (Å²) < 4.78 is 6.00. The van der Waals surface area contributed by atoms with E-state index in [9.17, 15) is 5.11 Å². The summed E-state index contributed by atoms with van der Waals surface area (Å²) in [7, 11) is 0. The van der Waals surface area contributed by atoms with Gasteiger partial charge in [0.2, 0.25) is 0 Å². The van der Waals surface area contributed by atoms with E-state index in [-0.39, 0.29) is 6.10 Å². The van der Waals surface area contributed by atoms with Crippen LogP contribution < -0.4 is 0 Å². The van der Waals surface area contributed by atoms with Crippen LogP contribution in [-0.2, 0) is 4.74 Å². The maximum Gasteiger partial charge on any atom is 0.102 e. The van der Waals surface area contributed by atoms with Crippen LogP contribution in [0.5, 0.6) is 0 Å². The van der Waals surface area contributed by atoms with E-state index in [4.69, 9.17) is 4.74 Å². The van der Waals surface area contributed by atoms with Gasteiger partial charge >= 0.3 is 0 Å². The van der Waals surface area contributed by atoms with Crippen LogP contribution >= 0.6 is 0 Å². The molecule has 0 aromatic rings. The van der Waals surface area contributed by atoms with Crippen LogP contribution in [0, 0.1) is 11.8 Å². The van der Waals surface area contributed by atoms with E-state index < -0.39 is 0 Å². The summed E-state index contributed by atoms with van der Waals surface area (Å²) in [5, 5.41) is 9.73. The molecule has 4 unspecified atom stereocenters. The molecule has 4 atom stereocenters. The highest BCUT2D eigenvalue weighted by Gasteiger charge is 2.44. The summed E-state index contributed by atoms with van der Waals surface area (Å²) in [5.41, 5.74) is 0. The van der Waals surface area contributed by atoms with Crippen LogP contribution in [0.3, 0.4) is 0 Å². The average Bonchev–Trinajstić information content (AvgIpc) is 2.44. The van der Waals surface area contributed by atoms with Crippen molar-refractivity contribution in [2.24, 2.45) is 11.8 Å². The Morgan fingerprint density at radius 2 is 2.20 bits per heavy atom. The summed E-state index contributed by atoms with van der Waals surface area (Å²) in [4.78, 5) is 0. The zero-order valence-corrected chi connectivity index (χ0v) is 8.93. The van der Waals surface area contributed by atoms with Crippen LogP contribution in [0.15, 0.2) is 24.0 Å². The monoisotopic (exact) mass is 206 g/mol. The van der Waals surface area contributed by atoms with Crippen molar-refractivity contribution in [2.75, 3.05) is 0 Å². The molecule has 3 rings (SSSR count). The lowest BCUT2D eigenvalue weighted by Crippen LogP contribution is -2.31. The second-order valence-corrected chi connectivity index (χ2v) is 4.97. The molecule has 1 heterocycles. The molecular formula is C13H18O2. The highest BCUT2D eigenvalue weighted by atomic mass is 16.5. The Labute approximate surface area is 90.6 Å². The van der Waals surface area contributed by atoms with Gasteiger partial charge in [-0.3, -0.25) is 0 Å². The Hall–Kier alpha value is -0.760. The summed E-state index contributed by atoms with van der Waals surface area (Å²) in [6.45, 7) is 0. The predicted octanol–water partition coefficient (Wildman–Crippen LogP) is 2.40. The van der Waals surface area contributed by atoms with Gasteiger partial charge in [-0.05, 0) is 38.2 Å². The number of fused-ring (bicyclic) bond motifs is 3. The SMILES string of the molecule is OC1CCC2OC3=CC=CCCC3C2C1. The summed E-state index contributed by atoms with van der Waals surface area (Å²) in [6, 6.07) is 0. The standard InChI is InChI=1S/C13H18O2/c14-9-6-7-13-11(8-9)10-4-2-1-3-5-12(10)15-13/h1,3,5,9-11,13-14H,2,4,6-8H2. The zero-order valence-electron chi connectivity index (χ0n) is 8.93. The maximum atomic E-state index is 9.73. The van der Waals surface area contributed by atoms with Gasteiger partial charge in [-0.15, -0.1) is 0 Å². The third kappa shape index (κ3) is 1.61. The van der Waals surface area contributed by atoms with E-state index in [2.05, 4.69) is 18.2 Å². The molecule has 0 spiro atoms. The topological polar surface area (TPSA) is 29.5 Å². The summed E-state index contributed by atoms with van der Waals surface area (Å²) in [6.07, 6.45) is 12.0. The molecular weight excluding hydrogens is 188 g/mol. The minimum absolute atomic E-state index is 0.0922. The van der Waals surface area contributed by atoms with Gasteiger partial charge in [-0.1, -0.05) is 12.2 Å². The van der Waals surface area contributed by atoms with Crippen molar-refractivity contribution in [3.63, 3.8) is 0 Å². The Morgan fingerprint density at radius 1 is 1.27 bits per heavy atom. The van der Waals surface area contributed by atoms with Crippen molar-refractivity contribution >= 4 is 0 Å². The molecule has 1 aliphatic heterocycles. The maximum absolute atomic E-state index is 9.73. The first-order valence-corrected chi connectivity index (χ1v) is 6.06. The molecule has 0 bridgehead atoms. The highest BCUT2D eigenvalue weighted by molar-refractivity contribution is 5.18. The molecule has 0 amide bonds. The number of hydrogen-bond acceptors (Lipinski definition) is 2. The molecule has 2 heteroatoms. The van der Waals surface area contributed by atoms with Gasteiger partial charge in [-0.2, -0.15) is 0 Å². The molecule has 2 fully saturated rings. The molecule has 2 aliphatic carbocycles. The minimum Gasteiger partial charge on any atom is -0.494 e. The number of aliphatic hydroxyl groups is 1. The number of aliphatic hydroxyl groups excluding tert-OH is 1. The first-order valence-electron chi connectivity index (χ1n) is 6.06. The predicted molar refractivity (Wildman–Crippen MR) is 58.2 cm³/mol. The molecule has 0 aromatic heterocycles. The first kappa shape index (κ1) is 9.46. The lowest BCUT2D eigenvalue weighted by Gasteiger charge is -2.29. The number of rotatable bonds is 0. The van der Waals surface area contributed by atoms with E-state index in [0.717, 1.165) is 25.7 Å². The molecule has 0 radical (unpaired) electrons. The van der Waals surface area contributed by atoms with Crippen LogP contribution in [0.1, 0.15) is 32.1 Å². The molecule has 1 saturated heterocycles. The van der Waals surface area contributed by atoms with Gasteiger partial charge in [0.05, 0.1) is 11.9 Å². The van der Waals surface area contributed by atoms with E-state index in [0.29, 0.717) is 17.9 Å². The van der Waals surface area contributed by atoms with Crippen LogP contribution in [0.4, 0.5) is 0 Å². The summed E-state index contributed by atoms with van der Waals surface area (Å²) >= 11 is 0. The number of hydrogen-bond donors (Lipinski definition) is 1. The van der Waals surface area contributed by atoms with Crippen molar-refractivity contribution in [1.29, 1.82) is 0 Å². The van der Waals surface area contributed by atoms with Crippen molar-refractivity contribution in [1.82, 2.24) is 0 Å². The van der Waals surface area contributed by atoms with E-state index in [1.807, 2.05) is 0 Å². The van der Waals surface area contributed by atoms with Crippen molar-refractivity contribution in [2.45, 2.75) is 44.3 Å². The average molecular weight is 206 g/mol. The Kier molecular flexibility index (Phi) is 2.32.